The van der Waals surface area contributed by atoms with Crippen molar-refractivity contribution in [3.05, 3.63) is 60.2 Å². The topological polar surface area (TPSA) is 84.7 Å². The van der Waals surface area contributed by atoms with Crippen LogP contribution in [0.3, 0.4) is 0 Å². The molecular weight excluding hydrogens is 328 g/mol. The lowest BCUT2D eigenvalue weighted by molar-refractivity contribution is 0.262. The molecule has 0 aliphatic rings. The van der Waals surface area contributed by atoms with Gasteiger partial charge in [-0.25, -0.2) is 19.4 Å². The zero-order chi connectivity index (χ0) is 19.4. The van der Waals surface area contributed by atoms with E-state index in [2.05, 4.69) is 46.5 Å². The molecule has 7 heteroatoms. The number of anilines is 2. The number of nitrogens with one attached hydrogen (secondary N) is 2. The maximum Gasteiger partial charge on any atom is 0.326 e. The molecule has 0 radical (unpaired) electrons. The number of aryl methyl sites for hydroxylation is 1. The van der Waals surface area contributed by atoms with Crippen LogP contribution < -0.4 is 10.6 Å². The van der Waals surface area contributed by atoms with Gasteiger partial charge >= 0.3 is 6.03 Å². The molecule has 2 heterocycles. The van der Waals surface area contributed by atoms with E-state index in [0.717, 1.165) is 16.9 Å². The van der Waals surface area contributed by atoms with Crippen molar-refractivity contribution < 1.29 is 6.17 Å². The molecule has 26 heavy (non-hydrogen) atoms. The summed E-state index contributed by atoms with van der Waals surface area (Å²) in [5.41, 5.74) is 2.40. The largest absolute Gasteiger partial charge is 0.326 e. The van der Waals surface area contributed by atoms with Gasteiger partial charge in [-0.2, -0.15) is 5.10 Å². The van der Waals surface area contributed by atoms with Crippen LogP contribution in [0.5, 0.6) is 0 Å². The first-order valence-electron chi connectivity index (χ1n) is 8.90. The Bertz CT molecular complexity index is 916. The van der Waals surface area contributed by atoms with Crippen molar-refractivity contribution >= 4 is 17.7 Å². The van der Waals surface area contributed by atoms with Crippen LogP contribution in [-0.4, -0.2) is 25.8 Å². The van der Waals surface area contributed by atoms with Crippen LogP contribution in [0.1, 0.15) is 33.4 Å². The van der Waals surface area contributed by atoms with Gasteiger partial charge in [-0.1, -0.05) is 38.5 Å². The van der Waals surface area contributed by atoms with Crippen molar-refractivity contribution in [2.75, 3.05) is 10.6 Å². The first-order valence-corrected chi connectivity index (χ1v) is 8.20. The van der Waals surface area contributed by atoms with Crippen molar-refractivity contribution in [2.24, 2.45) is 0 Å². The Kier molecular flexibility index (Phi) is 4.35. The third kappa shape index (κ3) is 4.05. The number of benzene rings is 1. The van der Waals surface area contributed by atoms with Gasteiger partial charge in [-0.15, -0.1) is 0 Å². The zero-order valence-corrected chi connectivity index (χ0v) is 15.0. The normalized spacial score (nSPS) is 11.7. The van der Waals surface area contributed by atoms with Gasteiger partial charge in [0.25, 0.3) is 0 Å². The lowest BCUT2D eigenvalue weighted by Crippen LogP contribution is -2.21. The van der Waals surface area contributed by atoms with Gasteiger partial charge in [0.2, 0.25) is 0 Å². The van der Waals surface area contributed by atoms with Crippen LogP contribution in [0.4, 0.5) is 16.4 Å². The summed E-state index contributed by atoms with van der Waals surface area (Å²) in [7, 11) is 0. The molecule has 0 saturated carbocycles. The Morgan fingerprint density at radius 3 is 2.54 bits per heavy atom. The molecule has 0 aliphatic carbocycles. The Morgan fingerprint density at radius 1 is 1.15 bits per heavy atom. The molecule has 2 amide bonds. The maximum absolute atomic E-state index is 12.4. The molecule has 3 rings (SSSR count). The maximum atomic E-state index is 12.4. The Morgan fingerprint density at radius 2 is 1.92 bits per heavy atom. The number of aromatic nitrogens is 4. The number of hydrogen-bond acceptors (Lipinski definition) is 4. The molecule has 0 atom stereocenters. The van der Waals surface area contributed by atoms with Crippen LogP contribution in [-0.2, 0) is 5.41 Å². The molecule has 0 fully saturated rings. The number of urea groups is 1. The summed E-state index contributed by atoms with van der Waals surface area (Å²) in [6, 6.07) is 10.6. The average molecular weight is 351 g/mol. The van der Waals surface area contributed by atoms with Crippen molar-refractivity contribution in [3.8, 4) is 5.69 Å². The minimum absolute atomic E-state index is 0.175. The lowest BCUT2D eigenvalue weighted by atomic mass is 9.92. The predicted molar refractivity (Wildman–Crippen MR) is 102 cm³/mol. The third-order valence-corrected chi connectivity index (χ3v) is 3.72. The predicted octanol–water partition coefficient (Wildman–Crippen LogP) is 3.91. The standard InChI is InChI=1S/C19H22N6O/c1-13-5-7-14(8-6-13)25-17(11-15(24-25)19(2,3)4)23-18(26)22-16-9-10-20-12-21-16/h5-12H,1-4H3,(H2,20,21,22,23,26)/i1D. The van der Waals surface area contributed by atoms with Crippen LogP contribution in [0.15, 0.2) is 48.9 Å². The van der Waals surface area contributed by atoms with Crippen LogP contribution in [0, 0.1) is 6.90 Å². The van der Waals surface area contributed by atoms with Crippen LogP contribution in [0.2, 0.25) is 0 Å². The molecule has 0 spiro atoms. The SMILES string of the molecule is [2H]Cc1ccc(-n2nc(C(C)(C)C)cc2NC(=O)Nc2ccncn2)cc1. The molecule has 0 saturated heterocycles. The molecule has 2 aromatic heterocycles. The summed E-state index contributed by atoms with van der Waals surface area (Å²) in [6.07, 6.45) is 2.92. The smallest absolute Gasteiger partial charge is 0.292 e. The summed E-state index contributed by atoms with van der Waals surface area (Å²) >= 11 is 0. The molecule has 1 aromatic carbocycles. The van der Waals surface area contributed by atoms with Crippen LogP contribution >= 0.6 is 0 Å². The molecule has 2 N–H and O–H groups in total. The lowest BCUT2D eigenvalue weighted by Gasteiger charge is -2.14. The number of rotatable bonds is 3. The van der Waals surface area contributed by atoms with E-state index in [1.807, 2.05) is 30.3 Å². The van der Waals surface area contributed by atoms with E-state index in [4.69, 9.17) is 1.37 Å². The highest BCUT2D eigenvalue weighted by atomic mass is 16.2. The monoisotopic (exact) mass is 351 g/mol. The van der Waals surface area contributed by atoms with Crippen molar-refractivity contribution in [2.45, 2.75) is 33.1 Å². The molecule has 3 aromatic rings. The highest BCUT2D eigenvalue weighted by Gasteiger charge is 2.21. The zero-order valence-electron chi connectivity index (χ0n) is 16.0. The average Bonchev–Trinajstić information content (AvgIpc) is 3.06. The Hall–Kier alpha value is -3.22. The van der Waals surface area contributed by atoms with Crippen molar-refractivity contribution in [1.82, 2.24) is 19.7 Å². The second kappa shape index (κ2) is 6.95. The van der Waals surface area contributed by atoms with Gasteiger partial charge in [0.15, 0.2) is 0 Å². The minimum atomic E-state index is -0.418. The molecule has 0 unspecified atom stereocenters. The van der Waals surface area contributed by atoms with Crippen LogP contribution in [0.25, 0.3) is 5.69 Å². The highest BCUT2D eigenvalue weighted by Crippen LogP contribution is 2.26. The molecular formula is C19H22N6O. The fourth-order valence-electron chi connectivity index (χ4n) is 2.30. The number of carbonyl (C=O) groups excluding carboxylic acids is 1. The van der Waals surface area contributed by atoms with Gasteiger partial charge < -0.3 is 0 Å². The summed E-state index contributed by atoms with van der Waals surface area (Å²) in [6.45, 7) is 6.41. The molecule has 0 aliphatic heterocycles. The highest BCUT2D eigenvalue weighted by molar-refractivity contribution is 5.98. The van der Waals surface area contributed by atoms with E-state index in [-0.39, 0.29) is 12.3 Å². The number of hydrogen-bond donors (Lipinski definition) is 2. The second-order valence-electron chi connectivity index (χ2n) is 6.92. The van der Waals surface area contributed by atoms with Gasteiger partial charge in [0.1, 0.15) is 18.0 Å². The summed E-state index contributed by atoms with van der Waals surface area (Å²) in [5.74, 6) is 0.953. The first kappa shape index (κ1) is 16.3. The molecule has 134 valence electrons. The Balaban J connectivity index is 1.90. The van der Waals surface area contributed by atoms with E-state index >= 15 is 0 Å². The fraction of sp³-hybridized carbons (Fsp3) is 0.263. The van der Waals surface area contributed by atoms with E-state index < -0.39 is 6.03 Å². The summed E-state index contributed by atoms with van der Waals surface area (Å²) < 4.78 is 9.14. The van der Waals surface area contributed by atoms with Gasteiger partial charge in [0, 0.05) is 19.0 Å². The minimum Gasteiger partial charge on any atom is -0.292 e. The Labute approximate surface area is 153 Å². The second-order valence-corrected chi connectivity index (χ2v) is 6.92. The fourth-order valence-corrected chi connectivity index (χ4v) is 2.30. The van der Waals surface area contributed by atoms with E-state index in [0.29, 0.717) is 11.6 Å². The van der Waals surface area contributed by atoms with E-state index in [1.54, 1.807) is 16.9 Å². The van der Waals surface area contributed by atoms with Crippen molar-refractivity contribution in [3.63, 3.8) is 0 Å². The number of carbonyl (C=O) groups is 1. The number of nitrogens with zero attached hydrogens (tertiary/aromatic N) is 4. The third-order valence-electron chi connectivity index (χ3n) is 3.72. The van der Waals surface area contributed by atoms with Gasteiger partial charge in [-0.05, 0) is 25.1 Å². The molecule has 7 nitrogen and oxygen atoms in total. The quantitative estimate of drug-likeness (QED) is 0.749. The van der Waals surface area contributed by atoms with E-state index in [1.165, 1.54) is 6.33 Å². The molecule has 0 bridgehead atoms. The van der Waals surface area contributed by atoms with E-state index in [9.17, 15) is 4.79 Å². The summed E-state index contributed by atoms with van der Waals surface area (Å²) in [4.78, 5) is 20.2. The van der Waals surface area contributed by atoms with Gasteiger partial charge in [-0.3, -0.25) is 10.6 Å². The van der Waals surface area contributed by atoms with Gasteiger partial charge in [0.05, 0.1) is 11.4 Å². The summed E-state index contributed by atoms with van der Waals surface area (Å²) in [5, 5.41) is 10.2. The van der Waals surface area contributed by atoms with Crippen molar-refractivity contribution in [1.29, 1.82) is 0 Å². The number of amides is 2. The first-order chi connectivity index (χ1) is 12.9.